The first-order valence-electron chi connectivity index (χ1n) is 4.20. The molecule has 0 unspecified atom stereocenters. The zero-order valence-electron chi connectivity index (χ0n) is 8.38. The van der Waals surface area contributed by atoms with E-state index >= 15 is 0 Å². The molecule has 0 aliphatic carbocycles. The number of nitrogens with zero attached hydrogens (tertiary/aromatic N) is 2. The van der Waals surface area contributed by atoms with Crippen molar-refractivity contribution >= 4 is 23.9 Å². The van der Waals surface area contributed by atoms with E-state index in [1.54, 1.807) is 0 Å². The van der Waals surface area contributed by atoms with E-state index in [0.29, 0.717) is 6.41 Å². The van der Waals surface area contributed by atoms with E-state index in [9.17, 15) is 9.59 Å². The molecule has 7 heteroatoms. The van der Waals surface area contributed by atoms with Crippen LogP contribution in [0.25, 0.3) is 0 Å². The zero-order valence-corrected chi connectivity index (χ0v) is 8.38. The van der Waals surface area contributed by atoms with E-state index < -0.39 is 5.97 Å². The molecule has 0 aliphatic heterocycles. The average molecular weight is 223 g/mol. The Morgan fingerprint density at radius 2 is 2.44 bits per heavy atom. The number of amides is 1. The van der Waals surface area contributed by atoms with Crippen LogP contribution in [-0.2, 0) is 14.4 Å². The third-order valence-corrected chi connectivity index (χ3v) is 1.63. The van der Waals surface area contributed by atoms with Crippen LogP contribution in [0.4, 0.5) is 5.82 Å². The van der Waals surface area contributed by atoms with E-state index in [4.69, 9.17) is 5.11 Å². The molecular formula is C9H9N3O4. The fourth-order valence-corrected chi connectivity index (χ4v) is 1.02. The number of oxime groups is 1. The smallest absolute Gasteiger partial charge is 0.358 e. The Labute approximate surface area is 90.7 Å². The van der Waals surface area contributed by atoms with Gasteiger partial charge in [-0.25, -0.2) is 9.78 Å². The van der Waals surface area contributed by atoms with Crippen LogP contribution in [0.1, 0.15) is 5.56 Å². The number of pyridine rings is 1. The summed E-state index contributed by atoms with van der Waals surface area (Å²) in [5.41, 5.74) is 0.0209. The lowest BCUT2D eigenvalue weighted by Crippen LogP contribution is -2.15. The van der Waals surface area contributed by atoms with Crippen molar-refractivity contribution in [2.75, 3.05) is 12.4 Å². The van der Waals surface area contributed by atoms with Gasteiger partial charge in [-0.1, -0.05) is 5.16 Å². The quantitative estimate of drug-likeness (QED) is 0.418. The topological polar surface area (TPSA) is 101 Å². The highest BCUT2D eigenvalue weighted by molar-refractivity contribution is 6.42. The predicted molar refractivity (Wildman–Crippen MR) is 55.1 cm³/mol. The van der Waals surface area contributed by atoms with Gasteiger partial charge in [-0.2, -0.15) is 0 Å². The van der Waals surface area contributed by atoms with Gasteiger partial charge in [0.15, 0.2) is 5.71 Å². The van der Waals surface area contributed by atoms with Crippen LogP contribution in [0.15, 0.2) is 23.5 Å². The van der Waals surface area contributed by atoms with Crippen LogP contribution in [-0.4, -0.2) is 35.3 Å². The van der Waals surface area contributed by atoms with Gasteiger partial charge >= 0.3 is 5.97 Å². The molecule has 1 rings (SSSR count). The Kier molecular flexibility index (Phi) is 3.96. The molecule has 0 saturated carbocycles. The minimum Gasteiger partial charge on any atom is -0.476 e. The van der Waals surface area contributed by atoms with Gasteiger partial charge in [0.05, 0.1) is 0 Å². The van der Waals surface area contributed by atoms with Crippen molar-refractivity contribution in [3.63, 3.8) is 0 Å². The van der Waals surface area contributed by atoms with Gasteiger partial charge in [-0.3, -0.25) is 4.79 Å². The molecule has 1 heterocycles. The van der Waals surface area contributed by atoms with Crippen molar-refractivity contribution < 1.29 is 19.5 Å². The normalized spacial score (nSPS) is 10.7. The first-order valence-corrected chi connectivity index (χ1v) is 4.20. The van der Waals surface area contributed by atoms with Crippen LogP contribution in [0.2, 0.25) is 0 Å². The number of hydrogen-bond acceptors (Lipinski definition) is 5. The number of rotatable bonds is 5. The average Bonchev–Trinajstić information content (AvgIpc) is 2.26. The molecule has 0 saturated heterocycles. The second-order valence-electron chi connectivity index (χ2n) is 2.62. The Balaban J connectivity index is 3.10. The van der Waals surface area contributed by atoms with Gasteiger partial charge in [0.25, 0.3) is 0 Å². The molecule has 0 spiro atoms. The summed E-state index contributed by atoms with van der Waals surface area (Å²) in [4.78, 5) is 29.2. The second-order valence-corrected chi connectivity index (χ2v) is 2.62. The minimum absolute atomic E-state index is 0.234. The van der Waals surface area contributed by atoms with Crippen molar-refractivity contribution in [1.82, 2.24) is 4.98 Å². The minimum atomic E-state index is -1.23. The third kappa shape index (κ3) is 2.77. The Hall–Kier alpha value is -2.44. The molecule has 1 aromatic heterocycles. The fourth-order valence-electron chi connectivity index (χ4n) is 1.02. The molecular weight excluding hydrogens is 214 g/mol. The first kappa shape index (κ1) is 11.6. The van der Waals surface area contributed by atoms with Crippen molar-refractivity contribution in [2.24, 2.45) is 5.16 Å². The van der Waals surface area contributed by atoms with Crippen LogP contribution < -0.4 is 5.32 Å². The Morgan fingerprint density at radius 1 is 1.69 bits per heavy atom. The highest BCUT2D eigenvalue weighted by Crippen LogP contribution is 2.08. The predicted octanol–water partition coefficient (Wildman–Crippen LogP) is 0.0850. The molecule has 0 aromatic carbocycles. The van der Waals surface area contributed by atoms with E-state index in [1.165, 1.54) is 25.4 Å². The number of aliphatic carboxylic acids is 1. The van der Waals surface area contributed by atoms with Gasteiger partial charge in [-0.15, -0.1) is 0 Å². The number of aromatic nitrogens is 1. The summed E-state index contributed by atoms with van der Waals surface area (Å²) in [5, 5.41) is 14.5. The van der Waals surface area contributed by atoms with Gasteiger partial charge in [0.2, 0.25) is 6.41 Å². The van der Waals surface area contributed by atoms with Crippen LogP contribution >= 0.6 is 0 Å². The molecule has 1 amide bonds. The standard InChI is InChI=1S/C9H9N3O4/c1-16-12-8(9(14)15)6-2-3-10-7(4-6)11-5-13/h2-5H,1H3,(H,14,15)(H,10,11,13)/b12-8-. The molecule has 0 aliphatic rings. The Morgan fingerprint density at radius 3 is 3.00 bits per heavy atom. The summed E-state index contributed by atoms with van der Waals surface area (Å²) >= 11 is 0. The van der Waals surface area contributed by atoms with Crippen LogP contribution in [0.3, 0.4) is 0 Å². The molecule has 0 bridgehead atoms. The first-order chi connectivity index (χ1) is 7.69. The largest absolute Gasteiger partial charge is 0.476 e. The van der Waals surface area contributed by atoms with E-state index in [0.717, 1.165) is 0 Å². The number of anilines is 1. The van der Waals surface area contributed by atoms with Crippen molar-refractivity contribution in [2.45, 2.75) is 0 Å². The zero-order chi connectivity index (χ0) is 12.0. The second kappa shape index (κ2) is 5.44. The number of carbonyl (C=O) groups is 2. The molecule has 16 heavy (non-hydrogen) atoms. The summed E-state index contributed by atoms with van der Waals surface area (Å²) in [7, 11) is 1.24. The highest BCUT2D eigenvalue weighted by atomic mass is 16.6. The number of carboxylic acids is 1. The molecule has 84 valence electrons. The number of carbonyl (C=O) groups excluding carboxylic acids is 1. The van der Waals surface area contributed by atoms with Gasteiger partial charge < -0.3 is 15.3 Å². The molecule has 7 nitrogen and oxygen atoms in total. The maximum atomic E-state index is 10.8. The van der Waals surface area contributed by atoms with Crippen LogP contribution in [0.5, 0.6) is 0 Å². The SMILES string of the molecule is CO/N=C(\C(=O)O)c1ccnc(NC=O)c1. The van der Waals surface area contributed by atoms with Crippen molar-refractivity contribution in [3.8, 4) is 0 Å². The maximum absolute atomic E-state index is 10.8. The summed E-state index contributed by atoms with van der Waals surface area (Å²) in [6.07, 6.45) is 1.80. The molecule has 0 atom stereocenters. The number of carboxylic acid groups (broad SMARTS) is 1. The maximum Gasteiger partial charge on any atom is 0.358 e. The fraction of sp³-hybridized carbons (Fsp3) is 0.111. The lowest BCUT2D eigenvalue weighted by molar-refractivity contribution is -0.129. The third-order valence-electron chi connectivity index (χ3n) is 1.63. The van der Waals surface area contributed by atoms with E-state index in [2.05, 4.69) is 20.3 Å². The van der Waals surface area contributed by atoms with Crippen molar-refractivity contribution in [3.05, 3.63) is 23.9 Å². The molecule has 0 radical (unpaired) electrons. The monoisotopic (exact) mass is 223 g/mol. The summed E-state index contributed by atoms with van der Waals surface area (Å²) in [6, 6.07) is 2.82. The summed E-state index contributed by atoms with van der Waals surface area (Å²) in [6.45, 7) is 0. The highest BCUT2D eigenvalue weighted by Gasteiger charge is 2.14. The molecule has 0 fully saturated rings. The summed E-state index contributed by atoms with van der Waals surface area (Å²) in [5.74, 6) is -0.998. The van der Waals surface area contributed by atoms with Gasteiger partial charge in [-0.05, 0) is 12.1 Å². The van der Waals surface area contributed by atoms with Gasteiger partial charge in [0.1, 0.15) is 12.9 Å². The summed E-state index contributed by atoms with van der Waals surface area (Å²) < 4.78 is 0. The molecule has 1 aromatic rings. The van der Waals surface area contributed by atoms with Crippen molar-refractivity contribution in [1.29, 1.82) is 0 Å². The number of hydrogen-bond donors (Lipinski definition) is 2. The van der Waals surface area contributed by atoms with E-state index in [1.807, 2.05) is 0 Å². The number of nitrogens with one attached hydrogen (secondary N) is 1. The molecule has 2 N–H and O–H groups in total. The van der Waals surface area contributed by atoms with Crippen LogP contribution in [0, 0.1) is 0 Å². The Bertz CT molecular complexity index is 431. The lowest BCUT2D eigenvalue weighted by atomic mass is 10.1. The van der Waals surface area contributed by atoms with E-state index in [-0.39, 0.29) is 17.1 Å². The van der Waals surface area contributed by atoms with Gasteiger partial charge in [0, 0.05) is 11.8 Å². The lowest BCUT2D eigenvalue weighted by Gasteiger charge is -2.02.